The molecule has 4 heterocycles. The Bertz CT molecular complexity index is 1070. The van der Waals surface area contributed by atoms with Crippen LogP contribution in [0.15, 0.2) is 52.0 Å². The van der Waals surface area contributed by atoms with E-state index in [2.05, 4.69) is 10.6 Å². The Morgan fingerprint density at radius 3 is 2.85 bits per heavy atom. The summed E-state index contributed by atoms with van der Waals surface area (Å²) in [6.45, 7) is 1.47. The van der Waals surface area contributed by atoms with Gasteiger partial charge in [0, 0.05) is 24.7 Å². The number of hydrogen-bond acceptors (Lipinski definition) is 3. The molecule has 5 nitrogen and oxygen atoms in total. The Balaban J connectivity index is 1.61. The first-order valence-corrected chi connectivity index (χ1v) is 9.73. The molecule has 1 fully saturated rings. The van der Waals surface area contributed by atoms with E-state index in [-0.39, 0.29) is 22.9 Å². The van der Waals surface area contributed by atoms with Gasteiger partial charge in [0.15, 0.2) is 0 Å². The highest BCUT2D eigenvalue weighted by atomic mass is 16.3. The maximum Gasteiger partial charge on any atom is 0.259 e. The van der Waals surface area contributed by atoms with E-state index < -0.39 is 0 Å². The van der Waals surface area contributed by atoms with Crippen molar-refractivity contribution in [3.05, 3.63) is 69.9 Å². The molecule has 0 aliphatic carbocycles. The van der Waals surface area contributed by atoms with E-state index in [4.69, 9.17) is 4.42 Å². The summed E-state index contributed by atoms with van der Waals surface area (Å²) in [6, 6.07) is 9.50. The lowest BCUT2D eigenvalue weighted by Crippen LogP contribution is -2.37. The molecule has 2 aliphatic rings. The van der Waals surface area contributed by atoms with E-state index in [0.29, 0.717) is 11.9 Å². The number of para-hydroxylation sites is 1. The molecule has 3 aromatic rings. The van der Waals surface area contributed by atoms with Crippen molar-refractivity contribution in [3.8, 4) is 0 Å². The van der Waals surface area contributed by atoms with Gasteiger partial charge < -0.3 is 13.9 Å². The number of aromatic nitrogens is 1. The van der Waals surface area contributed by atoms with Crippen molar-refractivity contribution >= 4 is 16.8 Å². The van der Waals surface area contributed by atoms with Crippen LogP contribution in [-0.2, 0) is 13.0 Å². The van der Waals surface area contributed by atoms with Crippen LogP contribution in [0.4, 0.5) is 0 Å². The van der Waals surface area contributed by atoms with Gasteiger partial charge in [0.25, 0.3) is 5.91 Å². The first-order chi connectivity index (χ1) is 13.2. The predicted octanol–water partition coefficient (Wildman–Crippen LogP) is 3.91. The first kappa shape index (κ1) is 16.4. The molecule has 1 saturated heterocycles. The highest BCUT2D eigenvalue weighted by molar-refractivity contribution is 5.98. The highest BCUT2D eigenvalue weighted by Gasteiger charge is 2.31. The number of likely N-dealkylation sites (tertiary alicyclic amines) is 1. The molecule has 0 saturated carbocycles. The second-order valence-electron chi connectivity index (χ2n) is 7.51. The molecule has 138 valence electrons. The fraction of sp³-hybridized carbons (Fsp3) is 0.364. The molecule has 27 heavy (non-hydrogen) atoms. The number of carbonyl (C=O) groups excluding carboxylic acids is 1. The average molecular weight is 362 g/mol. The lowest BCUT2D eigenvalue weighted by atomic mass is 10.0. The molecule has 1 aromatic carbocycles. The van der Waals surface area contributed by atoms with Crippen molar-refractivity contribution in [2.24, 2.45) is 0 Å². The lowest BCUT2D eigenvalue weighted by Gasteiger charge is -2.28. The maximum atomic E-state index is 13.5. The standard InChI is InChI=1S/C22H22N2O3/c25-21-16-7-4-6-15-10-12-23(20(15)16)14-17(21)22(26)24-11-3-1-2-8-18(24)19-9-5-13-27-19/h4-7,9,13-14,18H,1-3,8,10-12H2/t18-/m1/s1. The van der Waals surface area contributed by atoms with Crippen molar-refractivity contribution in [2.75, 3.05) is 6.54 Å². The number of amides is 1. The van der Waals surface area contributed by atoms with Crippen LogP contribution in [-0.4, -0.2) is 21.9 Å². The van der Waals surface area contributed by atoms with Gasteiger partial charge >= 0.3 is 0 Å². The summed E-state index contributed by atoms with van der Waals surface area (Å²) in [4.78, 5) is 28.5. The SMILES string of the molecule is O=C(c1cn2c3c(cccc3c1=O)CC2)N1CCCCC[C@@H]1c1ccco1. The summed E-state index contributed by atoms with van der Waals surface area (Å²) in [5.74, 6) is 0.629. The van der Waals surface area contributed by atoms with Gasteiger partial charge in [-0.3, -0.25) is 9.59 Å². The quantitative estimate of drug-likeness (QED) is 0.694. The summed E-state index contributed by atoms with van der Waals surface area (Å²) < 4.78 is 7.69. The normalized spacial score (nSPS) is 19.4. The second kappa shape index (κ2) is 6.41. The molecule has 0 bridgehead atoms. The van der Waals surface area contributed by atoms with Crippen molar-refractivity contribution < 1.29 is 9.21 Å². The summed E-state index contributed by atoms with van der Waals surface area (Å²) in [7, 11) is 0. The van der Waals surface area contributed by atoms with E-state index >= 15 is 0 Å². The molecule has 1 amide bonds. The van der Waals surface area contributed by atoms with E-state index in [9.17, 15) is 9.59 Å². The van der Waals surface area contributed by atoms with Gasteiger partial charge in [0.2, 0.25) is 5.43 Å². The van der Waals surface area contributed by atoms with Crippen LogP contribution in [0.3, 0.4) is 0 Å². The van der Waals surface area contributed by atoms with Crippen molar-refractivity contribution in [3.63, 3.8) is 0 Å². The zero-order valence-corrected chi connectivity index (χ0v) is 15.2. The van der Waals surface area contributed by atoms with Gasteiger partial charge in [0.05, 0.1) is 17.8 Å². The highest BCUT2D eigenvalue weighted by Crippen LogP contribution is 2.32. The minimum absolute atomic E-state index is 0.102. The van der Waals surface area contributed by atoms with Crippen molar-refractivity contribution in [1.29, 1.82) is 0 Å². The van der Waals surface area contributed by atoms with E-state index in [0.717, 1.165) is 49.9 Å². The second-order valence-corrected chi connectivity index (χ2v) is 7.51. The Morgan fingerprint density at radius 2 is 2.00 bits per heavy atom. The molecule has 5 rings (SSSR count). The number of aryl methyl sites for hydroxylation is 2. The molecule has 0 N–H and O–H groups in total. The fourth-order valence-electron chi connectivity index (χ4n) is 4.59. The fourth-order valence-corrected chi connectivity index (χ4v) is 4.59. The van der Waals surface area contributed by atoms with Crippen LogP contribution in [0.25, 0.3) is 10.9 Å². The Labute approximate surface area is 157 Å². The van der Waals surface area contributed by atoms with Crippen LogP contribution in [0.2, 0.25) is 0 Å². The molecule has 2 aromatic heterocycles. The Morgan fingerprint density at radius 1 is 1.07 bits per heavy atom. The summed E-state index contributed by atoms with van der Waals surface area (Å²) in [5.41, 5.74) is 2.29. The van der Waals surface area contributed by atoms with Crippen LogP contribution < -0.4 is 5.43 Å². The van der Waals surface area contributed by atoms with Crippen LogP contribution >= 0.6 is 0 Å². The van der Waals surface area contributed by atoms with E-state index in [1.807, 2.05) is 29.2 Å². The van der Waals surface area contributed by atoms with Gasteiger partial charge in [-0.1, -0.05) is 25.0 Å². The summed E-state index contributed by atoms with van der Waals surface area (Å²) in [5, 5.41) is 0.653. The third-order valence-corrected chi connectivity index (χ3v) is 5.92. The third kappa shape index (κ3) is 2.60. The van der Waals surface area contributed by atoms with E-state index in [1.165, 1.54) is 5.56 Å². The van der Waals surface area contributed by atoms with Gasteiger partial charge in [-0.05, 0) is 43.0 Å². The molecule has 0 radical (unpaired) electrons. The smallest absolute Gasteiger partial charge is 0.259 e. The topological polar surface area (TPSA) is 55.5 Å². The number of benzene rings is 1. The third-order valence-electron chi connectivity index (χ3n) is 5.92. The van der Waals surface area contributed by atoms with Gasteiger partial charge in [0.1, 0.15) is 11.3 Å². The van der Waals surface area contributed by atoms with Crippen LogP contribution in [0.5, 0.6) is 0 Å². The number of rotatable bonds is 2. The summed E-state index contributed by atoms with van der Waals surface area (Å²) in [6.07, 6.45) is 8.30. The van der Waals surface area contributed by atoms with Gasteiger partial charge in [-0.2, -0.15) is 0 Å². The minimum atomic E-state index is -0.175. The maximum absolute atomic E-state index is 13.5. The zero-order chi connectivity index (χ0) is 18.4. The van der Waals surface area contributed by atoms with Crippen LogP contribution in [0, 0.1) is 0 Å². The van der Waals surface area contributed by atoms with Crippen LogP contribution in [0.1, 0.15) is 53.4 Å². The molecular weight excluding hydrogens is 340 g/mol. The Hall–Kier alpha value is -2.82. The molecule has 1 atom stereocenters. The minimum Gasteiger partial charge on any atom is -0.467 e. The number of furan rings is 1. The van der Waals surface area contributed by atoms with Crippen molar-refractivity contribution in [2.45, 2.75) is 44.7 Å². The van der Waals surface area contributed by atoms with Gasteiger partial charge in [-0.15, -0.1) is 0 Å². The molecular formula is C22H22N2O3. The number of pyridine rings is 1. The average Bonchev–Trinajstić information content (AvgIpc) is 3.30. The number of carbonyl (C=O) groups is 1. The summed E-state index contributed by atoms with van der Waals surface area (Å²) >= 11 is 0. The molecule has 0 unspecified atom stereocenters. The molecule has 0 spiro atoms. The zero-order valence-electron chi connectivity index (χ0n) is 15.2. The first-order valence-electron chi connectivity index (χ1n) is 9.73. The Kier molecular flexibility index (Phi) is 3.88. The molecule has 2 aliphatic heterocycles. The van der Waals surface area contributed by atoms with E-state index in [1.54, 1.807) is 12.5 Å². The van der Waals surface area contributed by atoms with Gasteiger partial charge in [-0.25, -0.2) is 0 Å². The monoisotopic (exact) mass is 362 g/mol. The predicted molar refractivity (Wildman–Crippen MR) is 103 cm³/mol. The number of hydrogen-bond donors (Lipinski definition) is 0. The largest absolute Gasteiger partial charge is 0.467 e. The van der Waals surface area contributed by atoms with Crippen molar-refractivity contribution in [1.82, 2.24) is 9.47 Å². The lowest BCUT2D eigenvalue weighted by molar-refractivity contribution is 0.0656. The number of nitrogens with zero attached hydrogens (tertiary/aromatic N) is 2. The molecule has 5 heteroatoms.